The van der Waals surface area contributed by atoms with Gasteiger partial charge in [-0.15, -0.1) is 0 Å². The standard InChI is InChI=1S/C26H34ClN5O3/c1-5-10-32(26(2,3)4)22(33)16-31-15-18-7-6-17(13-20(18)24(31)34)23-21(27)14-28-25(30-23)29-19-8-11-35-12-9-19/h6-7,13-14,19H,5,8-12,15-16H2,1-4H3,(H,28,29,30). The van der Waals surface area contributed by atoms with Crippen molar-refractivity contribution < 1.29 is 14.3 Å². The van der Waals surface area contributed by atoms with E-state index in [0.29, 0.717) is 35.3 Å². The third-order valence-electron chi connectivity index (χ3n) is 6.44. The summed E-state index contributed by atoms with van der Waals surface area (Å²) >= 11 is 6.45. The van der Waals surface area contributed by atoms with Gasteiger partial charge < -0.3 is 19.9 Å². The summed E-state index contributed by atoms with van der Waals surface area (Å²) in [6.45, 7) is 10.7. The van der Waals surface area contributed by atoms with Crippen molar-refractivity contribution in [3.8, 4) is 11.3 Å². The van der Waals surface area contributed by atoms with Crippen LogP contribution in [0.4, 0.5) is 5.95 Å². The zero-order valence-corrected chi connectivity index (χ0v) is 21.7. The van der Waals surface area contributed by atoms with E-state index < -0.39 is 0 Å². The van der Waals surface area contributed by atoms with Crippen LogP contribution in [-0.4, -0.2) is 69.5 Å². The first-order valence-corrected chi connectivity index (χ1v) is 12.6. The topological polar surface area (TPSA) is 87.7 Å². The fourth-order valence-corrected chi connectivity index (χ4v) is 4.81. The molecule has 9 heteroatoms. The molecule has 0 unspecified atom stereocenters. The Balaban J connectivity index is 1.52. The highest BCUT2D eigenvalue weighted by atomic mass is 35.5. The molecule has 1 N–H and O–H groups in total. The molecule has 0 saturated carbocycles. The van der Waals surface area contributed by atoms with E-state index in [0.717, 1.165) is 43.6 Å². The van der Waals surface area contributed by atoms with Crippen LogP contribution >= 0.6 is 11.6 Å². The van der Waals surface area contributed by atoms with E-state index in [9.17, 15) is 9.59 Å². The number of halogens is 1. The van der Waals surface area contributed by atoms with Crippen molar-refractivity contribution in [2.24, 2.45) is 0 Å². The second kappa shape index (κ2) is 10.5. The Morgan fingerprint density at radius 3 is 2.71 bits per heavy atom. The summed E-state index contributed by atoms with van der Waals surface area (Å²) in [7, 11) is 0. The van der Waals surface area contributed by atoms with Gasteiger partial charge in [-0.2, -0.15) is 0 Å². The minimum absolute atomic E-state index is 0.0385. The van der Waals surface area contributed by atoms with E-state index in [2.05, 4.69) is 15.3 Å². The summed E-state index contributed by atoms with van der Waals surface area (Å²) in [5, 5.41) is 3.78. The predicted molar refractivity (Wildman–Crippen MR) is 136 cm³/mol. The number of benzene rings is 1. The van der Waals surface area contributed by atoms with Crippen LogP contribution in [0.1, 0.15) is 62.9 Å². The van der Waals surface area contributed by atoms with E-state index in [1.165, 1.54) is 0 Å². The first-order valence-electron chi connectivity index (χ1n) is 12.3. The van der Waals surface area contributed by atoms with Gasteiger partial charge in [-0.1, -0.05) is 30.7 Å². The van der Waals surface area contributed by atoms with E-state index in [4.69, 9.17) is 16.3 Å². The Kier molecular flexibility index (Phi) is 7.62. The van der Waals surface area contributed by atoms with Crippen LogP contribution in [0, 0.1) is 0 Å². The molecule has 2 amide bonds. The molecule has 1 aromatic carbocycles. The van der Waals surface area contributed by atoms with E-state index >= 15 is 0 Å². The van der Waals surface area contributed by atoms with Crippen molar-refractivity contribution in [3.05, 3.63) is 40.5 Å². The number of anilines is 1. The molecule has 2 aliphatic rings. The normalized spacial score (nSPS) is 16.4. The van der Waals surface area contributed by atoms with Crippen LogP contribution in [0.5, 0.6) is 0 Å². The highest BCUT2D eigenvalue weighted by Crippen LogP contribution is 2.32. The fraction of sp³-hybridized carbons (Fsp3) is 0.538. The Hall–Kier alpha value is -2.71. The van der Waals surface area contributed by atoms with Crippen molar-refractivity contribution in [1.82, 2.24) is 19.8 Å². The molecule has 0 bridgehead atoms. The van der Waals surface area contributed by atoms with E-state index in [1.54, 1.807) is 11.1 Å². The van der Waals surface area contributed by atoms with Crippen LogP contribution < -0.4 is 5.32 Å². The lowest BCUT2D eigenvalue weighted by molar-refractivity contribution is -0.136. The lowest BCUT2D eigenvalue weighted by Gasteiger charge is -2.36. The summed E-state index contributed by atoms with van der Waals surface area (Å²) in [6.07, 6.45) is 4.24. The number of hydrogen-bond acceptors (Lipinski definition) is 6. The van der Waals surface area contributed by atoms with Crippen LogP contribution in [0.25, 0.3) is 11.3 Å². The number of hydrogen-bond donors (Lipinski definition) is 1. The van der Waals surface area contributed by atoms with E-state index in [-0.39, 0.29) is 29.9 Å². The molecule has 1 saturated heterocycles. The summed E-state index contributed by atoms with van der Waals surface area (Å²) < 4.78 is 5.41. The molecule has 1 aromatic heterocycles. The molecule has 0 aliphatic carbocycles. The van der Waals surface area contributed by atoms with Crippen molar-refractivity contribution >= 4 is 29.4 Å². The number of ether oxygens (including phenoxy) is 1. The summed E-state index contributed by atoms with van der Waals surface area (Å²) in [5.41, 5.74) is 2.51. The van der Waals surface area contributed by atoms with Gasteiger partial charge in [0.05, 0.1) is 16.9 Å². The Labute approximate surface area is 212 Å². The molecule has 2 aliphatic heterocycles. The van der Waals surface area contributed by atoms with Gasteiger partial charge in [-0.25, -0.2) is 9.97 Å². The number of aromatic nitrogens is 2. The zero-order chi connectivity index (χ0) is 25.2. The third kappa shape index (κ3) is 5.76. The number of amides is 2. The molecule has 3 heterocycles. The molecule has 0 atom stereocenters. The molecule has 0 spiro atoms. The Bertz CT molecular complexity index is 1090. The first kappa shape index (κ1) is 25.4. The maximum absolute atomic E-state index is 13.2. The maximum Gasteiger partial charge on any atom is 0.254 e. The molecule has 188 valence electrons. The summed E-state index contributed by atoms with van der Waals surface area (Å²) in [6, 6.07) is 5.92. The number of nitrogens with zero attached hydrogens (tertiary/aromatic N) is 4. The average Bonchev–Trinajstić information content (AvgIpc) is 3.13. The second-order valence-electron chi connectivity index (χ2n) is 10.2. The first-order chi connectivity index (χ1) is 16.7. The molecular weight excluding hydrogens is 466 g/mol. The van der Waals surface area contributed by atoms with Gasteiger partial charge >= 0.3 is 0 Å². The molecule has 2 aromatic rings. The van der Waals surface area contributed by atoms with Crippen molar-refractivity contribution in [2.75, 3.05) is 31.6 Å². The highest BCUT2D eigenvalue weighted by Gasteiger charge is 2.33. The quantitative estimate of drug-likeness (QED) is 0.608. The second-order valence-corrected chi connectivity index (χ2v) is 10.6. The van der Waals surface area contributed by atoms with Gasteiger partial charge in [-0.3, -0.25) is 9.59 Å². The smallest absolute Gasteiger partial charge is 0.254 e. The summed E-state index contributed by atoms with van der Waals surface area (Å²) in [4.78, 5) is 38.7. The number of nitrogens with one attached hydrogen (secondary N) is 1. The minimum Gasteiger partial charge on any atom is -0.381 e. The lowest BCUT2D eigenvalue weighted by atomic mass is 10.0. The van der Waals surface area contributed by atoms with E-state index in [1.807, 2.05) is 50.8 Å². The Morgan fingerprint density at radius 1 is 1.29 bits per heavy atom. The molecule has 0 radical (unpaired) electrons. The van der Waals surface area contributed by atoms with Crippen molar-refractivity contribution in [2.45, 2.75) is 65.1 Å². The van der Waals surface area contributed by atoms with Gasteiger partial charge in [0.25, 0.3) is 5.91 Å². The lowest BCUT2D eigenvalue weighted by Crippen LogP contribution is -2.50. The number of carbonyl (C=O) groups excluding carboxylic acids is 2. The average molecular weight is 500 g/mol. The van der Waals surface area contributed by atoms with Crippen LogP contribution in [0.15, 0.2) is 24.4 Å². The molecule has 8 nitrogen and oxygen atoms in total. The van der Waals surface area contributed by atoms with Gasteiger partial charge in [-0.05, 0) is 51.7 Å². The largest absolute Gasteiger partial charge is 0.381 e. The summed E-state index contributed by atoms with van der Waals surface area (Å²) in [5.74, 6) is 0.322. The third-order valence-corrected chi connectivity index (χ3v) is 6.72. The van der Waals surface area contributed by atoms with Gasteiger partial charge in [0.15, 0.2) is 0 Å². The van der Waals surface area contributed by atoms with Gasteiger partial charge in [0.1, 0.15) is 6.54 Å². The highest BCUT2D eigenvalue weighted by molar-refractivity contribution is 6.33. The van der Waals surface area contributed by atoms with Gasteiger partial charge in [0.2, 0.25) is 11.9 Å². The van der Waals surface area contributed by atoms with Crippen LogP contribution in [0.2, 0.25) is 5.02 Å². The van der Waals surface area contributed by atoms with Crippen LogP contribution in [0.3, 0.4) is 0 Å². The molecule has 1 fully saturated rings. The molecule has 4 rings (SSSR count). The molecule has 35 heavy (non-hydrogen) atoms. The number of fused-ring (bicyclic) bond motifs is 1. The fourth-order valence-electron chi connectivity index (χ4n) is 4.61. The number of carbonyl (C=O) groups is 2. The predicted octanol–water partition coefficient (Wildman–Crippen LogP) is 4.38. The maximum atomic E-state index is 13.2. The minimum atomic E-state index is -0.296. The number of rotatable bonds is 7. The van der Waals surface area contributed by atoms with Crippen molar-refractivity contribution in [3.63, 3.8) is 0 Å². The SMILES string of the molecule is CCCN(C(=O)CN1Cc2ccc(-c3nc(NC4CCOCC4)ncc3Cl)cc2C1=O)C(C)(C)C. The van der Waals surface area contributed by atoms with Gasteiger partial charge in [0, 0.05) is 49.0 Å². The van der Waals surface area contributed by atoms with Crippen molar-refractivity contribution in [1.29, 1.82) is 0 Å². The zero-order valence-electron chi connectivity index (χ0n) is 20.9. The monoisotopic (exact) mass is 499 g/mol. The van der Waals surface area contributed by atoms with Crippen LogP contribution in [-0.2, 0) is 16.1 Å². The Morgan fingerprint density at radius 2 is 2.03 bits per heavy atom. The molecular formula is C26H34ClN5O3.